The molecule has 4 nitrogen and oxygen atoms in total. The van der Waals surface area contributed by atoms with Crippen LogP contribution in [-0.4, -0.2) is 33.2 Å². The van der Waals surface area contributed by atoms with Gasteiger partial charge in [0.2, 0.25) is 0 Å². The average molecular weight is 258 g/mol. The molecule has 0 bridgehead atoms. The Morgan fingerprint density at radius 1 is 1.44 bits per heavy atom. The summed E-state index contributed by atoms with van der Waals surface area (Å²) in [7, 11) is 0. The normalized spacial score (nSPS) is 11.4. The van der Waals surface area contributed by atoms with E-state index in [1.165, 1.54) is 4.90 Å². The number of carboxylic acid groups (broad SMARTS) is 1. The van der Waals surface area contributed by atoms with E-state index < -0.39 is 23.3 Å². The lowest BCUT2D eigenvalue weighted by molar-refractivity contribution is 0.101. The smallest absolute Gasteiger partial charge is 0.407 e. The highest BCUT2D eigenvalue weighted by molar-refractivity contribution is 5.66. The second kappa shape index (κ2) is 5.29. The van der Waals surface area contributed by atoms with Crippen LogP contribution >= 0.6 is 0 Å². The number of aromatic nitrogens is 1. The van der Waals surface area contributed by atoms with Crippen molar-refractivity contribution in [2.24, 2.45) is 0 Å². The fourth-order valence-electron chi connectivity index (χ4n) is 1.56. The van der Waals surface area contributed by atoms with Crippen LogP contribution in [-0.2, 0) is 6.42 Å². The van der Waals surface area contributed by atoms with Crippen LogP contribution in [0.1, 0.15) is 26.5 Å². The molecular formula is C12H16F2N2O2. The summed E-state index contributed by atoms with van der Waals surface area (Å²) in [6.45, 7) is 5.34. The summed E-state index contributed by atoms with van der Waals surface area (Å²) in [5.74, 6) is -1.50. The molecule has 1 aromatic rings. The van der Waals surface area contributed by atoms with Crippen molar-refractivity contribution in [3.8, 4) is 0 Å². The molecule has 0 spiro atoms. The zero-order valence-electron chi connectivity index (χ0n) is 10.6. The van der Waals surface area contributed by atoms with Crippen LogP contribution in [0.5, 0.6) is 0 Å². The van der Waals surface area contributed by atoms with Gasteiger partial charge in [0.05, 0.1) is 11.9 Å². The summed E-state index contributed by atoms with van der Waals surface area (Å²) in [6.07, 6.45) is -0.0546. The summed E-state index contributed by atoms with van der Waals surface area (Å²) in [5.41, 5.74) is -0.519. The van der Waals surface area contributed by atoms with Crippen molar-refractivity contribution >= 4 is 6.09 Å². The predicted octanol–water partition coefficient (Wildman–Crippen LogP) is 2.68. The van der Waals surface area contributed by atoms with Gasteiger partial charge in [0.25, 0.3) is 0 Å². The maximum absolute atomic E-state index is 13.3. The Hall–Kier alpha value is -1.72. The molecule has 0 atom stereocenters. The highest BCUT2D eigenvalue weighted by atomic mass is 19.1. The summed E-state index contributed by atoms with van der Waals surface area (Å²) in [5, 5.41) is 9.05. The third-order valence-electron chi connectivity index (χ3n) is 2.50. The van der Waals surface area contributed by atoms with Crippen LogP contribution in [0.15, 0.2) is 12.3 Å². The third-order valence-corrected chi connectivity index (χ3v) is 2.50. The molecule has 1 aromatic heterocycles. The molecule has 1 N–H and O–H groups in total. The van der Waals surface area contributed by atoms with Gasteiger partial charge < -0.3 is 10.0 Å². The Labute approximate surface area is 104 Å². The Kier molecular flexibility index (Phi) is 4.21. The first-order chi connectivity index (χ1) is 8.21. The van der Waals surface area contributed by atoms with Crippen molar-refractivity contribution in [1.29, 1.82) is 0 Å². The minimum absolute atomic E-state index is 0.0619. The summed E-state index contributed by atoms with van der Waals surface area (Å²) >= 11 is 0. The van der Waals surface area contributed by atoms with Gasteiger partial charge in [0, 0.05) is 24.6 Å². The highest BCUT2D eigenvalue weighted by Gasteiger charge is 2.26. The lowest BCUT2D eigenvalue weighted by atomic mass is 10.1. The number of nitrogens with zero attached hydrogens (tertiary/aromatic N) is 2. The molecular weight excluding hydrogens is 242 g/mol. The van der Waals surface area contributed by atoms with Crippen LogP contribution in [0.3, 0.4) is 0 Å². The molecule has 1 heterocycles. The van der Waals surface area contributed by atoms with Gasteiger partial charge >= 0.3 is 6.09 Å². The third kappa shape index (κ3) is 3.65. The average Bonchev–Trinajstić information content (AvgIpc) is 2.18. The van der Waals surface area contributed by atoms with Gasteiger partial charge in [-0.05, 0) is 20.8 Å². The molecule has 0 unspecified atom stereocenters. The Bertz CT molecular complexity index is 444. The van der Waals surface area contributed by atoms with Gasteiger partial charge in [0.1, 0.15) is 11.6 Å². The van der Waals surface area contributed by atoms with E-state index in [4.69, 9.17) is 5.11 Å². The van der Waals surface area contributed by atoms with Gasteiger partial charge in [-0.25, -0.2) is 13.6 Å². The standard InChI is InChI=1S/C12H16F2N2O2/c1-12(2,3)16(11(17)18)5-4-10-9(14)6-8(13)7-15-10/h6-7H,4-5H2,1-3H3,(H,17,18). The number of rotatable bonds is 3. The second-order valence-electron chi connectivity index (χ2n) is 4.94. The lowest BCUT2D eigenvalue weighted by Crippen LogP contribution is -2.46. The fraction of sp³-hybridized carbons (Fsp3) is 0.500. The molecule has 18 heavy (non-hydrogen) atoms. The molecule has 0 aliphatic heterocycles. The van der Waals surface area contributed by atoms with Gasteiger partial charge in [-0.1, -0.05) is 0 Å². The first-order valence-electron chi connectivity index (χ1n) is 5.52. The van der Waals surface area contributed by atoms with Crippen LogP contribution < -0.4 is 0 Å². The van der Waals surface area contributed by atoms with Crippen LogP contribution in [0.4, 0.5) is 13.6 Å². The predicted molar refractivity (Wildman–Crippen MR) is 62.3 cm³/mol. The molecule has 0 radical (unpaired) electrons. The highest BCUT2D eigenvalue weighted by Crippen LogP contribution is 2.15. The fourth-order valence-corrected chi connectivity index (χ4v) is 1.56. The zero-order chi connectivity index (χ0) is 13.9. The summed E-state index contributed by atoms with van der Waals surface area (Å²) in [6, 6.07) is 0.741. The van der Waals surface area contributed by atoms with E-state index in [1.54, 1.807) is 20.8 Å². The number of halogens is 2. The van der Waals surface area contributed by atoms with E-state index in [1.807, 2.05) is 0 Å². The number of amides is 1. The van der Waals surface area contributed by atoms with Gasteiger partial charge in [-0.2, -0.15) is 0 Å². The van der Waals surface area contributed by atoms with E-state index in [9.17, 15) is 13.6 Å². The molecule has 100 valence electrons. The van der Waals surface area contributed by atoms with Gasteiger partial charge in [-0.15, -0.1) is 0 Å². The maximum atomic E-state index is 13.3. The Morgan fingerprint density at radius 2 is 2.06 bits per heavy atom. The molecule has 0 aromatic carbocycles. The number of carbonyl (C=O) groups is 1. The lowest BCUT2D eigenvalue weighted by Gasteiger charge is -2.33. The van der Waals surface area contributed by atoms with E-state index >= 15 is 0 Å². The Morgan fingerprint density at radius 3 is 2.50 bits per heavy atom. The molecule has 1 amide bonds. The van der Waals surface area contributed by atoms with E-state index in [2.05, 4.69) is 4.98 Å². The van der Waals surface area contributed by atoms with Crippen LogP contribution in [0, 0.1) is 11.6 Å². The molecule has 0 aliphatic rings. The molecule has 0 fully saturated rings. The maximum Gasteiger partial charge on any atom is 0.407 e. The quantitative estimate of drug-likeness (QED) is 0.906. The second-order valence-corrected chi connectivity index (χ2v) is 4.94. The topological polar surface area (TPSA) is 53.4 Å². The molecule has 0 saturated heterocycles. The zero-order valence-corrected chi connectivity index (χ0v) is 10.6. The Balaban J connectivity index is 2.77. The minimum Gasteiger partial charge on any atom is -0.465 e. The summed E-state index contributed by atoms with van der Waals surface area (Å²) < 4.78 is 26.0. The van der Waals surface area contributed by atoms with E-state index in [0.717, 1.165) is 12.3 Å². The van der Waals surface area contributed by atoms with Crippen molar-refractivity contribution in [2.45, 2.75) is 32.7 Å². The molecule has 6 heteroatoms. The SMILES string of the molecule is CC(C)(C)N(CCc1ncc(F)cc1F)C(=O)O. The van der Waals surface area contributed by atoms with E-state index in [-0.39, 0.29) is 18.7 Å². The van der Waals surface area contributed by atoms with Crippen molar-refractivity contribution in [3.63, 3.8) is 0 Å². The minimum atomic E-state index is -1.08. The van der Waals surface area contributed by atoms with E-state index in [0.29, 0.717) is 0 Å². The molecule has 0 aliphatic carbocycles. The van der Waals surface area contributed by atoms with Crippen molar-refractivity contribution in [3.05, 3.63) is 29.6 Å². The van der Waals surface area contributed by atoms with Crippen molar-refractivity contribution in [1.82, 2.24) is 9.88 Å². The largest absolute Gasteiger partial charge is 0.465 e. The van der Waals surface area contributed by atoms with Crippen LogP contribution in [0.2, 0.25) is 0 Å². The van der Waals surface area contributed by atoms with Crippen molar-refractivity contribution < 1.29 is 18.7 Å². The van der Waals surface area contributed by atoms with Gasteiger partial charge in [0.15, 0.2) is 0 Å². The monoisotopic (exact) mass is 258 g/mol. The van der Waals surface area contributed by atoms with Crippen LogP contribution in [0.25, 0.3) is 0 Å². The molecule has 1 rings (SSSR count). The first-order valence-corrected chi connectivity index (χ1v) is 5.52. The molecule has 0 saturated carbocycles. The number of hydrogen-bond donors (Lipinski definition) is 1. The van der Waals surface area contributed by atoms with Crippen molar-refractivity contribution in [2.75, 3.05) is 6.54 Å². The number of hydrogen-bond acceptors (Lipinski definition) is 2. The van der Waals surface area contributed by atoms with Gasteiger partial charge in [-0.3, -0.25) is 4.98 Å². The summed E-state index contributed by atoms with van der Waals surface area (Å²) in [4.78, 5) is 15.9. The first kappa shape index (κ1) is 14.3. The number of pyridine rings is 1.